The predicted octanol–water partition coefficient (Wildman–Crippen LogP) is 1.71. The molecule has 6 heteroatoms. The standard InChI is InChI=1S/C8H12F3N3/c1-5(12)2-3-6-4-13-14-7(6)8(9,10)11/h4-5H,2-3,12H2,1H3,(H,13,14)/t5-/m1/s1. The molecule has 1 heterocycles. The first-order valence-corrected chi connectivity index (χ1v) is 4.26. The first-order valence-electron chi connectivity index (χ1n) is 4.26. The van der Waals surface area contributed by atoms with E-state index in [2.05, 4.69) is 5.10 Å². The van der Waals surface area contributed by atoms with Gasteiger partial charge in [-0.2, -0.15) is 18.3 Å². The smallest absolute Gasteiger partial charge is 0.328 e. The molecule has 0 aromatic carbocycles. The van der Waals surface area contributed by atoms with Gasteiger partial charge in [-0.25, -0.2) is 0 Å². The summed E-state index contributed by atoms with van der Waals surface area (Å²) < 4.78 is 36.9. The number of aromatic nitrogens is 2. The number of rotatable bonds is 3. The Balaban J connectivity index is 2.73. The van der Waals surface area contributed by atoms with E-state index in [9.17, 15) is 13.2 Å². The van der Waals surface area contributed by atoms with Crippen LogP contribution < -0.4 is 5.73 Å². The number of nitrogens with one attached hydrogen (secondary N) is 1. The molecule has 0 saturated carbocycles. The molecule has 1 aromatic rings. The van der Waals surface area contributed by atoms with Crippen LogP contribution in [0.15, 0.2) is 6.20 Å². The third kappa shape index (κ3) is 2.73. The Bertz CT molecular complexity index is 290. The monoisotopic (exact) mass is 207 g/mol. The van der Waals surface area contributed by atoms with Crippen LogP contribution in [0, 0.1) is 0 Å². The molecule has 0 spiro atoms. The highest BCUT2D eigenvalue weighted by Gasteiger charge is 2.35. The summed E-state index contributed by atoms with van der Waals surface area (Å²) in [7, 11) is 0. The summed E-state index contributed by atoms with van der Waals surface area (Å²) in [4.78, 5) is 0. The molecule has 0 fully saturated rings. The van der Waals surface area contributed by atoms with Crippen LogP contribution in [0.1, 0.15) is 24.6 Å². The van der Waals surface area contributed by atoms with Crippen molar-refractivity contribution in [1.29, 1.82) is 0 Å². The second-order valence-electron chi connectivity index (χ2n) is 3.28. The van der Waals surface area contributed by atoms with Gasteiger partial charge in [-0.15, -0.1) is 0 Å². The zero-order valence-corrected chi connectivity index (χ0v) is 7.73. The maximum absolute atomic E-state index is 12.3. The highest BCUT2D eigenvalue weighted by Crippen LogP contribution is 2.30. The molecular weight excluding hydrogens is 195 g/mol. The van der Waals surface area contributed by atoms with Gasteiger partial charge in [-0.1, -0.05) is 0 Å². The highest BCUT2D eigenvalue weighted by molar-refractivity contribution is 5.19. The number of halogens is 3. The summed E-state index contributed by atoms with van der Waals surface area (Å²) >= 11 is 0. The second kappa shape index (κ2) is 4.00. The molecule has 0 saturated heterocycles. The number of nitrogens with two attached hydrogens (primary N) is 1. The molecule has 80 valence electrons. The van der Waals surface area contributed by atoms with Crippen LogP contribution in [-0.4, -0.2) is 16.2 Å². The zero-order chi connectivity index (χ0) is 10.8. The number of alkyl halides is 3. The number of aromatic amines is 1. The van der Waals surface area contributed by atoms with Crippen molar-refractivity contribution in [3.05, 3.63) is 17.5 Å². The second-order valence-corrected chi connectivity index (χ2v) is 3.28. The lowest BCUT2D eigenvalue weighted by Crippen LogP contribution is -2.16. The van der Waals surface area contributed by atoms with Gasteiger partial charge in [0, 0.05) is 11.6 Å². The molecule has 0 aliphatic rings. The third-order valence-electron chi connectivity index (χ3n) is 1.87. The molecule has 0 radical (unpaired) electrons. The van der Waals surface area contributed by atoms with E-state index in [1.807, 2.05) is 5.10 Å². The van der Waals surface area contributed by atoms with Crippen LogP contribution in [0.5, 0.6) is 0 Å². The fraction of sp³-hybridized carbons (Fsp3) is 0.625. The van der Waals surface area contributed by atoms with E-state index < -0.39 is 11.9 Å². The van der Waals surface area contributed by atoms with Crippen LogP contribution in [0.4, 0.5) is 13.2 Å². The molecule has 14 heavy (non-hydrogen) atoms. The molecule has 0 aliphatic carbocycles. The van der Waals surface area contributed by atoms with Gasteiger partial charge in [0.15, 0.2) is 0 Å². The van der Waals surface area contributed by atoms with Crippen LogP contribution >= 0.6 is 0 Å². The molecule has 1 atom stereocenters. The molecule has 1 aromatic heterocycles. The minimum absolute atomic E-state index is 0.106. The van der Waals surface area contributed by atoms with E-state index in [1.54, 1.807) is 6.92 Å². The Morgan fingerprint density at radius 1 is 1.57 bits per heavy atom. The first kappa shape index (κ1) is 11.0. The van der Waals surface area contributed by atoms with Crippen molar-refractivity contribution in [3.8, 4) is 0 Å². The largest absolute Gasteiger partial charge is 0.433 e. The summed E-state index contributed by atoms with van der Waals surface area (Å²) in [6, 6.07) is -0.106. The number of nitrogens with zero attached hydrogens (tertiary/aromatic N) is 1. The van der Waals surface area contributed by atoms with E-state index in [0.29, 0.717) is 12.8 Å². The van der Waals surface area contributed by atoms with Crippen LogP contribution in [0.25, 0.3) is 0 Å². The van der Waals surface area contributed by atoms with Gasteiger partial charge >= 0.3 is 6.18 Å². The minimum Gasteiger partial charge on any atom is -0.328 e. The maximum Gasteiger partial charge on any atom is 0.433 e. The number of H-pyrrole nitrogens is 1. The Morgan fingerprint density at radius 3 is 2.71 bits per heavy atom. The average molecular weight is 207 g/mol. The molecule has 3 nitrogen and oxygen atoms in total. The van der Waals surface area contributed by atoms with Crippen molar-refractivity contribution in [2.75, 3.05) is 0 Å². The highest BCUT2D eigenvalue weighted by atomic mass is 19.4. The van der Waals surface area contributed by atoms with Crippen LogP contribution in [0.2, 0.25) is 0 Å². The van der Waals surface area contributed by atoms with Crippen molar-refractivity contribution in [3.63, 3.8) is 0 Å². The van der Waals surface area contributed by atoms with Gasteiger partial charge in [0.25, 0.3) is 0 Å². The van der Waals surface area contributed by atoms with E-state index in [1.165, 1.54) is 6.20 Å². The van der Waals surface area contributed by atoms with E-state index in [-0.39, 0.29) is 11.6 Å². The lowest BCUT2D eigenvalue weighted by Gasteiger charge is -2.07. The normalized spacial score (nSPS) is 14.4. The first-order chi connectivity index (χ1) is 6.41. The minimum atomic E-state index is -4.36. The van der Waals surface area contributed by atoms with E-state index in [0.717, 1.165) is 0 Å². The summed E-state index contributed by atoms with van der Waals surface area (Å²) in [5.74, 6) is 0. The molecule has 0 bridgehead atoms. The average Bonchev–Trinajstić information content (AvgIpc) is 2.46. The van der Waals surface area contributed by atoms with Gasteiger partial charge < -0.3 is 5.73 Å². The SMILES string of the molecule is C[C@@H](N)CCc1cn[nH]c1C(F)(F)F. The van der Waals surface area contributed by atoms with Gasteiger partial charge in [-0.3, -0.25) is 5.10 Å². The summed E-state index contributed by atoms with van der Waals surface area (Å²) in [6.07, 6.45) is -2.35. The molecule has 3 N–H and O–H groups in total. The van der Waals surface area contributed by atoms with Crippen LogP contribution in [0.3, 0.4) is 0 Å². The maximum atomic E-state index is 12.3. The van der Waals surface area contributed by atoms with Gasteiger partial charge in [0.2, 0.25) is 0 Å². The summed E-state index contributed by atoms with van der Waals surface area (Å²) in [6.45, 7) is 1.76. The van der Waals surface area contributed by atoms with Gasteiger partial charge in [-0.05, 0) is 19.8 Å². The summed E-state index contributed by atoms with van der Waals surface area (Å²) in [5, 5.41) is 5.33. The number of hydrogen-bond acceptors (Lipinski definition) is 2. The van der Waals surface area contributed by atoms with Crippen molar-refractivity contribution in [2.45, 2.75) is 32.0 Å². The molecule has 0 amide bonds. The Kier molecular flexibility index (Phi) is 3.15. The molecule has 0 unspecified atom stereocenters. The molecule has 1 rings (SSSR count). The fourth-order valence-corrected chi connectivity index (χ4v) is 1.13. The van der Waals surface area contributed by atoms with Crippen molar-refractivity contribution >= 4 is 0 Å². The molecular formula is C8H12F3N3. The zero-order valence-electron chi connectivity index (χ0n) is 7.73. The lowest BCUT2D eigenvalue weighted by molar-refractivity contribution is -0.141. The molecule has 0 aliphatic heterocycles. The van der Waals surface area contributed by atoms with E-state index in [4.69, 9.17) is 5.73 Å². The topological polar surface area (TPSA) is 54.7 Å². The lowest BCUT2D eigenvalue weighted by atomic mass is 10.1. The Hall–Kier alpha value is -1.04. The van der Waals surface area contributed by atoms with Gasteiger partial charge in [0.05, 0.1) is 6.20 Å². The Morgan fingerprint density at radius 2 is 2.21 bits per heavy atom. The third-order valence-corrected chi connectivity index (χ3v) is 1.87. The van der Waals surface area contributed by atoms with Crippen molar-refractivity contribution < 1.29 is 13.2 Å². The van der Waals surface area contributed by atoms with Crippen molar-refractivity contribution in [1.82, 2.24) is 10.2 Å². The predicted molar refractivity (Wildman–Crippen MR) is 45.6 cm³/mol. The summed E-state index contributed by atoms with van der Waals surface area (Å²) in [5.41, 5.74) is 4.87. The van der Waals surface area contributed by atoms with Crippen molar-refractivity contribution in [2.24, 2.45) is 5.73 Å². The van der Waals surface area contributed by atoms with E-state index >= 15 is 0 Å². The van der Waals surface area contributed by atoms with Gasteiger partial charge in [0.1, 0.15) is 5.69 Å². The number of hydrogen-bond donors (Lipinski definition) is 2. The Labute approximate surface area is 79.5 Å². The quantitative estimate of drug-likeness (QED) is 0.792. The van der Waals surface area contributed by atoms with Crippen LogP contribution in [-0.2, 0) is 12.6 Å². The fourth-order valence-electron chi connectivity index (χ4n) is 1.13. The number of aryl methyl sites for hydroxylation is 1.